The van der Waals surface area contributed by atoms with Gasteiger partial charge in [0.1, 0.15) is 5.82 Å². The Morgan fingerprint density at radius 3 is 2.61 bits per heavy atom. The molecule has 0 bridgehead atoms. The molecule has 3 aromatic rings. The van der Waals surface area contributed by atoms with Gasteiger partial charge in [-0.05, 0) is 42.3 Å². The standard InChI is InChI=1S/C18H18ClN3O/c1-2-3-17-21-16-9-8-14(20)10-15(16)18(23)22(17)11-12-4-6-13(19)7-5-12/h4-10H,2-3,11,20H2,1H3. The highest BCUT2D eigenvalue weighted by Gasteiger charge is 2.11. The van der Waals surface area contributed by atoms with Gasteiger partial charge in [-0.25, -0.2) is 4.98 Å². The molecule has 1 heterocycles. The molecule has 23 heavy (non-hydrogen) atoms. The van der Waals surface area contributed by atoms with Crippen molar-refractivity contribution in [1.82, 2.24) is 9.55 Å². The van der Waals surface area contributed by atoms with Crippen LogP contribution in [-0.2, 0) is 13.0 Å². The Bertz CT molecular complexity index is 901. The average Bonchev–Trinajstić information content (AvgIpc) is 2.54. The topological polar surface area (TPSA) is 60.9 Å². The van der Waals surface area contributed by atoms with Gasteiger partial charge in [-0.1, -0.05) is 30.7 Å². The van der Waals surface area contributed by atoms with E-state index in [9.17, 15) is 4.79 Å². The normalized spacial score (nSPS) is 11.0. The van der Waals surface area contributed by atoms with Crippen molar-refractivity contribution in [2.75, 3.05) is 5.73 Å². The number of fused-ring (bicyclic) bond motifs is 1. The van der Waals surface area contributed by atoms with E-state index in [1.165, 1.54) is 0 Å². The molecule has 0 aliphatic heterocycles. The smallest absolute Gasteiger partial charge is 0.261 e. The van der Waals surface area contributed by atoms with E-state index in [4.69, 9.17) is 17.3 Å². The summed E-state index contributed by atoms with van der Waals surface area (Å²) in [5.41, 5.74) is 8.04. The molecule has 0 fully saturated rings. The van der Waals surface area contributed by atoms with Crippen LogP contribution in [0.15, 0.2) is 47.3 Å². The number of nitrogen functional groups attached to an aromatic ring is 1. The number of nitrogens with two attached hydrogens (primary N) is 1. The summed E-state index contributed by atoms with van der Waals surface area (Å²) in [6.07, 6.45) is 1.68. The molecule has 0 atom stereocenters. The van der Waals surface area contributed by atoms with E-state index in [0.717, 1.165) is 24.2 Å². The second-order valence-electron chi connectivity index (χ2n) is 5.57. The molecule has 0 aliphatic rings. The number of nitrogens with zero attached hydrogens (tertiary/aromatic N) is 2. The van der Waals surface area contributed by atoms with Gasteiger partial charge in [0, 0.05) is 17.1 Å². The van der Waals surface area contributed by atoms with Crippen LogP contribution >= 0.6 is 11.6 Å². The molecule has 0 radical (unpaired) electrons. The largest absolute Gasteiger partial charge is 0.399 e. The zero-order valence-corrected chi connectivity index (χ0v) is 13.7. The summed E-state index contributed by atoms with van der Waals surface area (Å²) in [7, 11) is 0. The van der Waals surface area contributed by atoms with Crippen LogP contribution in [0.25, 0.3) is 10.9 Å². The molecule has 0 saturated carbocycles. The van der Waals surface area contributed by atoms with E-state index in [1.807, 2.05) is 24.3 Å². The fourth-order valence-electron chi connectivity index (χ4n) is 2.63. The van der Waals surface area contributed by atoms with E-state index < -0.39 is 0 Å². The Morgan fingerprint density at radius 1 is 1.17 bits per heavy atom. The van der Waals surface area contributed by atoms with Crippen LogP contribution in [0.5, 0.6) is 0 Å². The highest BCUT2D eigenvalue weighted by atomic mass is 35.5. The Labute approximate surface area is 139 Å². The van der Waals surface area contributed by atoms with Crippen molar-refractivity contribution < 1.29 is 0 Å². The van der Waals surface area contributed by atoms with Gasteiger partial charge in [0.25, 0.3) is 5.56 Å². The Balaban J connectivity index is 2.16. The number of hydrogen-bond donors (Lipinski definition) is 1. The van der Waals surface area contributed by atoms with Gasteiger partial charge < -0.3 is 5.73 Å². The maximum absolute atomic E-state index is 12.9. The average molecular weight is 328 g/mol. The Morgan fingerprint density at radius 2 is 1.91 bits per heavy atom. The van der Waals surface area contributed by atoms with Gasteiger partial charge >= 0.3 is 0 Å². The van der Waals surface area contributed by atoms with Crippen molar-refractivity contribution in [1.29, 1.82) is 0 Å². The van der Waals surface area contributed by atoms with Crippen molar-refractivity contribution in [2.24, 2.45) is 0 Å². The van der Waals surface area contributed by atoms with Crippen molar-refractivity contribution in [3.05, 3.63) is 69.2 Å². The predicted octanol–water partition coefficient (Wildman–Crippen LogP) is 3.63. The minimum atomic E-state index is -0.0549. The SMILES string of the molecule is CCCc1nc2ccc(N)cc2c(=O)n1Cc1ccc(Cl)cc1. The first kappa shape index (κ1) is 15.6. The molecule has 0 amide bonds. The van der Waals surface area contributed by atoms with Crippen LogP contribution < -0.4 is 11.3 Å². The van der Waals surface area contributed by atoms with Crippen molar-refractivity contribution in [2.45, 2.75) is 26.3 Å². The Kier molecular flexibility index (Phi) is 4.35. The molecule has 0 aliphatic carbocycles. The molecule has 0 spiro atoms. The lowest BCUT2D eigenvalue weighted by atomic mass is 10.2. The van der Waals surface area contributed by atoms with Crippen LogP contribution in [0.4, 0.5) is 5.69 Å². The Hall–Kier alpha value is -2.33. The van der Waals surface area contributed by atoms with Gasteiger partial charge in [-0.3, -0.25) is 9.36 Å². The van der Waals surface area contributed by atoms with E-state index in [0.29, 0.717) is 28.2 Å². The second-order valence-corrected chi connectivity index (χ2v) is 6.01. The second kappa shape index (κ2) is 6.42. The third kappa shape index (κ3) is 3.22. The molecular weight excluding hydrogens is 310 g/mol. The van der Waals surface area contributed by atoms with Gasteiger partial charge in [0.15, 0.2) is 0 Å². The lowest BCUT2D eigenvalue weighted by Crippen LogP contribution is -2.26. The van der Waals surface area contributed by atoms with E-state index in [-0.39, 0.29) is 5.56 Å². The summed E-state index contributed by atoms with van der Waals surface area (Å²) in [5, 5.41) is 1.23. The lowest BCUT2D eigenvalue weighted by Gasteiger charge is -2.13. The molecule has 1 aromatic heterocycles. The van der Waals surface area contributed by atoms with Crippen molar-refractivity contribution in [3.63, 3.8) is 0 Å². The number of rotatable bonds is 4. The summed E-state index contributed by atoms with van der Waals surface area (Å²) >= 11 is 5.93. The maximum Gasteiger partial charge on any atom is 0.261 e. The van der Waals surface area contributed by atoms with Gasteiger partial charge in [-0.2, -0.15) is 0 Å². The minimum absolute atomic E-state index is 0.0549. The number of hydrogen-bond acceptors (Lipinski definition) is 3. The summed E-state index contributed by atoms with van der Waals surface area (Å²) < 4.78 is 1.73. The summed E-state index contributed by atoms with van der Waals surface area (Å²) in [6.45, 7) is 2.55. The number of halogens is 1. The van der Waals surface area contributed by atoms with E-state index in [1.54, 1.807) is 22.8 Å². The van der Waals surface area contributed by atoms with E-state index >= 15 is 0 Å². The summed E-state index contributed by atoms with van der Waals surface area (Å²) in [4.78, 5) is 17.6. The maximum atomic E-state index is 12.9. The highest BCUT2D eigenvalue weighted by Crippen LogP contribution is 2.15. The number of benzene rings is 2. The number of aryl methyl sites for hydroxylation is 1. The first-order valence-electron chi connectivity index (χ1n) is 7.62. The third-order valence-corrected chi connectivity index (χ3v) is 4.04. The highest BCUT2D eigenvalue weighted by molar-refractivity contribution is 6.30. The molecule has 4 nitrogen and oxygen atoms in total. The zero-order valence-electron chi connectivity index (χ0n) is 12.9. The predicted molar refractivity (Wildman–Crippen MR) is 95.0 cm³/mol. The molecule has 2 aromatic carbocycles. The van der Waals surface area contributed by atoms with Gasteiger partial charge in [0.05, 0.1) is 17.4 Å². The van der Waals surface area contributed by atoms with Crippen LogP contribution in [-0.4, -0.2) is 9.55 Å². The first-order chi connectivity index (χ1) is 11.1. The lowest BCUT2D eigenvalue weighted by molar-refractivity contribution is 0.665. The van der Waals surface area contributed by atoms with Crippen molar-refractivity contribution in [3.8, 4) is 0 Å². The van der Waals surface area contributed by atoms with Crippen molar-refractivity contribution >= 4 is 28.2 Å². The van der Waals surface area contributed by atoms with Gasteiger partial charge in [-0.15, -0.1) is 0 Å². The van der Waals surface area contributed by atoms with E-state index in [2.05, 4.69) is 11.9 Å². The van der Waals surface area contributed by atoms with Crippen LogP contribution in [0, 0.1) is 0 Å². The van der Waals surface area contributed by atoms with Crippen LogP contribution in [0.1, 0.15) is 24.7 Å². The molecule has 5 heteroatoms. The molecule has 0 unspecified atom stereocenters. The monoisotopic (exact) mass is 327 g/mol. The quantitative estimate of drug-likeness (QED) is 0.744. The molecule has 3 rings (SSSR count). The summed E-state index contributed by atoms with van der Waals surface area (Å²) in [5.74, 6) is 0.796. The molecule has 2 N–H and O–H groups in total. The third-order valence-electron chi connectivity index (χ3n) is 3.78. The first-order valence-corrected chi connectivity index (χ1v) is 7.99. The fraction of sp³-hybridized carbons (Fsp3) is 0.222. The van der Waals surface area contributed by atoms with Gasteiger partial charge in [0.2, 0.25) is 0 Å². The fourth-order valence-corrected chi connectivity index (χ4v) is 2.76. The summed E-state index contributed by atoms with van der Waals surface area (Å²) in [6, 6.07) is 12.8. The minimum Gasteiger partial charge on any atom is -0.399 e. The molecule has 118 valence electrons. The molecular formula is C18H18ClN3O. The molecule has 0 saturated heterocycles. The van der Waals surface area contributed by atoms with Crippen LogP contribution in [0.2, 0.25) is 5.02 Å². The number of aromatic nitrogens is 2. The van der Waals surface area contributed by atoms with Crippen LogP contribution in [0.3, 0.4) is 0 Å². The zero-order chi connectivity index (χ0) is 16.4. The number of anilines is 1.